The van der Waals surface area contributed by atoms with Crippen LogP contribution in [0.3, 0.4) is 0 Å². The molecule has 0 bridgehead atoms. The van der Waals surface area contributed by atoms with E-state index >= 15 is 0 Å². The lowest BCUT2D eigenvalue weighted by Crippen LogP contribution is -2.30. The van der Waals surface area contributed by atoms with Crippen LogP contribution in [-0.4, -0.2) is 43.7 Å². The molecule has 0 atom stereocenters. The number of fused-ring (bicyclic) bond motifs is 1. The lowest BCUT2D eigenvalue weighted by molar-refractivity contribution is -0.118. The van der Waals surface area contributed by atoms with Gasteiger partial charge in [0.2, 0.25) is 5.91 Å². The highest BCUT2D eigenvalue weighted by atomic mass is 16.4. The Bertz CT molecular complexity index is 516. The molecule has 0 spiro atoms. The van der Waals surface area contributed by atoms with Crippen molar-refractivity contribution in [2.24, 2.45) is 5.73 Å². The molecule has 0 saturated carbocycles. The third-order valence-corrected chi connectivity index (χ3v) is 3.29. The van der Waals surface area contributed by atoms with E-state index < -0.39 is 5.97 Å². The van der Waals surface area contributed by atoms with Crippen LogP contribution in [0, 0.1) is 0 Å². The second-order valence-electron chi connectivity index (χ2n) is 4.49. The Morgan fingerprint density at radius 2 is 2.16 bits per heavy atom. The Kier molecular flexibility index (Phi) is 3.71. The number of benzene rings is 1. The zero-order valence-electron chi connectivity index (χ0n) is 10.8. The molecule has 0 aliphatic carbocycles. The highest BCUT2D eigenvalue weighted by Gasteiger charge is 2.24. The first-order chi connectivity index (χ1) is 9.04. The summed E-state index contributed by atoms with van der Waals surface area (Å²) in [7, 11) is 1.67. The van der Waals surface area contributed by atoms with Crippen LogP contribution in [0.5, 0.6) is 0 Å². The van der Waals surface area contributed by atoms with E-state index in [1.165, 1.54) is 11.0 Å². The Balaban J connectivity index is 2.51. The normalized spacial score (nSPS) is 15.2. The van der Waals surface area contributed by atoms with Crippen molar-refractivity contribution >= 4 is 23.3 Å². The number of carboxylic acids is 1. The molecule has 0 fully saturated rings. The van der Waals surface area contributed by atoms with Gasteiger partial charge in [-0.25, -0.2) is 4.79 Å². The van der Waals surface area contributed by atoms with Crippen LogP contribution in [-0.2, 0) is 4.79 Å². The Labute approximate surface area is 111 Å². The molecular formula is C13H17N3O3. The maximum Gasteiger partial charge on any atom is 0.335 e. The number of anilines is 2. The summed E-state index contributed by atoms with van der Waals surface area (Å²) in [6.45, 7) is 1.72. The molecule has 1 amide bonds. The van der Waals surface area contributed by atoms with Gasteiger partial charge in [-0.3, -0.25) is 4.79 Å². The van der Waals surface area contributed by atoms with Crippen LogP contribution in [0.4, 0.5) is 11.4 Å². The largest absolute Gasteiger partial charge is 0.478 e. The molecule has 102 valence electrons. The molecule has 1 aliphatic heterocycles. The summed E-state index contributed by atoms with van der Waals surface area (Å²) in [6, 6.07) is 4.82. The van der Waals surface area contributed by atoms with E-state index in [0.29, 0.717) is 31.7 Å². The smallest absolute Gasteiger partial charge is 0.335 e. The summed E-state index contributed by atoms with van der Waals surface area (Å²) in [5, 5.41) is 9.04. The van der Waals surface area contributed by atoms with Gasteiger partial charge in [0.25, 0.3) is 0 Å². The number of carbonyl (C=O) groups is 2. The van der Waals surface area contributed by atoms with E-state index in [9.17, 15) is 9.59 Å². The molecule has 3 N–H and O–H groups in total. The molecule has 6 heteroatoms. The van der Waals surface area contributed by atoms with Gasteiger partial charge in [-0.2, -0.15) is 0 Å². The first-order valence-corrected chi connectivity index (χ1v) is 6.13. The predicted molar refractivity (Wildman–Crippen MR) is 72.7 cm³/mol. The van der Waals surface area contributed by atoms with E-state index in [1.54, 1.807) is 19.2 Å². The third kappa shape index (κ3) is 2.53. The highest BCUT2D eigenvalue weighted by Crippen LogP contribution is 2.32. The SMILES string of the molecule is CN1C(=O)CCN(CCN)c2ccc(C(=O)O)cc21. The van der Waals surface area contributed by atoms with Gasteiger partial charge in [-0.15, -0.1) is 0 Å². The minimum absolute atomic E-state index is 0.0247. The van der Waals surface area contributed by atoms with Crippen LogP contribution >= 0.6 is 0 Å². The fraction of sp³-hybridized carbons (Fsp3) is 0.385. The Morgan fingerprint density at radius 1 is 1.42 bits per heavy atom. The van der Waals surface area contributed by atoms with Gasteiger partial charge in [-0.1, -0.05) is 0 Å². The van der Waals surface area contributed by atoms with Gasteiger partial charge in [0.1, 0.15) is 0 Å². The minimum atomic E-state index is -1.00. The summed E-state index contributed by atoms with van der Waals surface area (Å²) in [5.74, 6) is -1.03. The molecule has 1 aromatic rings. The molecule has 0 saturated heterocycles. The van der Waals surface area contributed by atoms with Crippen molar-refractivity contribution < 1.29 is 14.7 Å². The monoisotopic (exact) mass is 263 g/mol. The first kappa shape index (κ1) is 13.4. The number of carbonyl (C=O) groups excluding carboxylic acids is 1. The minimum Gasteiger partial charge on any atom is -0.478 e. The van der Waals surface area contributed by atoms with Gasteiger partial charge in [0, 0.05) is 33.1 Å². The van der Waals surface area contributed by atoms with Crippen LogP contribution in [0.15, 0.2) is 18.2 Å². The lowest BCUT2D eigenvalue weighted by Gasteiger charge is -2.25. The number of aromatic carboxylic acids is 1. The number of amides is 1. The van der Waals surface area contributed by atoms with Gasteiger partial charge < -0.3 is 20.6 Å². The molecule has 6 nitrogen and oxygen atoms in total. The first-order valence-electron chi connectivity index (χ1n) is 6.13. The summed E-state index contributed by atoms with van der Waals surface area (Å²) < 4.78 is 0. The van der Waals surface area contributed by atoms with Crippen LogP contribution in [0.25, 0.3) is 0 Å². The van der Waals surface area contributed by atoms with Crippen molar-refractivity contribution in [3.8, 4) is 0 Å². The lowest BCUT2D eigenvalue weighted by atomic mass is 10.1. The van der Waals surface area contributed by atoms with E-state index in [1.807, 2.05) is 4.90 Å². The van der Waals surface area contributed by atoms with E-state index in [4.69, 9.17) is 10.8 Å². The Morgan fingerprint density at radius 3 is 2.79 bits per heavy atom. The van der Waals surface area contributed by atoms with Crippen molar-refractivity contribution in [1.29, 1.82) is 0 Å². The van der Waals surface area contributed by atoms with Gasteiger partial charge >= 0.3 is 5.97 Å². The van der Waals surface area contributed by atoms with Crippen molar-refractivity contribution in [1.82, 2.24) is 0 Å². The summed E-state index contributed by atoms with van der Waals surface area (Å²) in [6.07, 6.45) is 0.396. The highest BCUT2D eigenvalue weighted by molar-refractivity contribution is 6.00. The molecular weight excluding hydrogens is 246 g/mol. The van der Waals surface area contributed by atoms with Crippen molar-refractivity contribution in [2.45, 2.75) is 6.42 Å². The maximum absolute atomic E-state index is 11.9. The quantitative estimate of drug-likeness (QED) is 0.830. The molecule has 1 heterocycles. The summed E-state index contributed by atoms with van der Waals surface area (Å²) in [5.41, 5.74) is 7.23. The average Bonchev–Trinajstić information content (AvgIpc) is 2.51. The molecule has 19 heavy (non-hydrogen) atoms. The molecule has 1 aliphatic rings. The van der Waals surface area contributed by atoms with Crippen molar-refractivity contribution in [2.75, 3.05) is 36.5 Å². The number of hydrogen-bond donors (Lipinski definition) is 2. The number of hydrogen-bond acceptors (Lipinski definition) is 4. The van der Waals surface area contributed by atoms with Crippen molar-refractivity contribution in [3.63, 3.8) is 0 Å². The zero-order chi connectivity index (χ0) is 14.0. The number of rotatable bonds is 3. The fourth-order valence-electron chi connectivity index (χ4n) is 2.23. The molecule has 1 aromatic carbocycles. The van der Waals surface area contributed by atoms with Crippen LogP contribution in [0.1, 0.15) is 16.8 Å². The van der Waals surface area contributed by atoms with Crippen LogP contribution in [0.2, 0.25) is 0 Å². The molecule has 0 radical (unpaired) electrons. The average molecular weight is 263 g/mol. The predicted octanol–water partition coefficient (Wildman–Crippen LogP) is 0.516. The summed E-state index contributed by atoms with van der Waals surface area (Å²) in [4.78, 5) is 26.5. The molecule has 0 unspecified atom stereocenters. The van der Waals surface area contributed by atoms with Gasteiger partial charge in [-0.05, 0) is 18.2 Å². The maximum atomic E-state index is 11.9. The third-order valence-electron chi connectivity index (χ3n) is 3.29. The number of nitrogens with zero attached hydrogens (tertiary/aromatic N) is 2. The van der Waals surface area contributed by atoms with Gasteiger partial charge in [0.05, 0.1) is 16.9 Å². The van der Waals surface area contributed by atoms with Gasteiger partial charge in [0.15, 0.2) is 0 Å². The zero-order valence-corrected chi connectivity index (χ0v) is 10.8. The van der Waals surface area contributed by atoms with Crippen molar-refractivity contribution in [3.05, 3.63) is 23.8 Å². The standard InChI is InChI=1S/C13H17N3O3/c1-15-11-8-9(13(18)19)2-3-10(11)16(7-5-14)6-4-12(15)17/h2-3,8H,4-7,14H2,1H3,(H,18,19). The van der Waals surface area contributed by atoms with Crippen LogP contribution < -0.4 is 15.5 Å². The number of nitrogens with two attached hydrogens (primary N) is 1. The fourth-order valence-corrected chi connectivity index (χ4v) is 2.23. The second kappa shape index (κ2) is 5.27. The topological polar surface area (TPSA) is 86.9 Å². The van der Waals surface area contributed by atoms with E-state index in [-0.39, 0.29) is 11.5 Å². The molecule has 2 rings (SSSR count). The second-order valence-corrected chi connectivity index (χ2v) is 4.49. The molecule has 0 aromatic heterocycles. The van der Waals surface area contributed by atoms with E-state index in [0.717, 1.165) is 5.69 Å². The number of carboxylic acid groups (broad SMARTS) is 1. The summed E-state index contributed by atoms with van der Waals surface area (Å²) >= 11 is 0. The van der Waals surface area contributed by atoms with E-state index in [2.05, 4.69) is 0 Å². The Hall–Kier alpha value is -2.08.